The second kappa shape index (κ2) is 11.5. The number of thiocarbonyl (C=S) groups is 1. The van der Waals surface area contributed by atoms with Crippen LogP contribution in [0.1, 0.15) is 58.1 Å². The van der Waals surface area contributed by atoms with Gasteiger partial charge < -0.3 is 10.1 Å². The molecule has 1 rings (SSSR count). The Kier molecular flexibility index (Phi) is 10.2. The number of ether oxygens (including phenoxy) is 1. The third-order valence-electron chi connectivity index (χ3n) is 4.34. The zero-order valence-corrected chi connectivity index (χ0v) is 20.1. The zero-order valence-electron chi connectivity index (χ0n) is 18.4. The van der Waals surface area contributed by atoms with Crippen LogP contribution in [0, 0.1) is 5.41 Å². The van der Waals surface area contributed by atoms with Crippen LogP contribution in [0.15, 0.2) is 18.2 Å². The number of rotatable bonds is 8. The summed E-state index contributed by atoms with van der Waals surface area (Å²) in [6, 6.07) is 0.847. The molecule has 1 unspecified atom stereocenters. The number of alkyl halides is 6. The molecule has 0 fully saturated rings. The number of amides is 1. The Morgan fingerprint density at radius 2 is 1.55 bits per heavy atom. The number of carbonyl (C=O) groups excluding carboxylic acids is 2. The van der Waals surface area contributed by atoms with Gasteiger partial charge in [0.25, 0.3) is 0 Å². The molecule has 1 aromatic rings. The lowest BCUT2D eigenvalue weighted by Gasteiger charge is -2.20. The van der Waals surface area contributed by atoms with E-state index in [1.807, 2.05) is 0 Å². The fourth-order valence-corrected chi connectivity index (χ4v) is 4.06. The van der Waals surface area contributed by atoms with Crippen molar-refractivity contribution in [3.05, 3.63) is 29.3 Å². The third-order valence-corrected chi connectivity index (χ3v) is 5.79. The Balaban J connectivity index is 3.04. The van der Waals surface area contributed by atoms with Crippen LogP contribution in [0.2, 0.25) is 0 Å². The van der Waals surface area contributed by atoms with E-state index in [1.54, 1.807) is 27.7 Å². The van der Waals surface area contributed by atoms with Gasteiger partial charge in [0.05, 0.1) is 17.7 Å². The van der Waals surface area contributed by atoms with E-state index in [-0.39, 0.29) is 42.1 Å². The normalized spacial score (nSPS) is 13.4. The number of halogens is 6. The largest absolute Gasteiger partial charge is 0.479 e. The van der Waals surface area contributed by atoms with E-state index in [1.165, 1.54) is 0 Å². The predicted molar refractivity (Wildman–Crippen MR) is 119 cm³/mol. The number of benzene rings is 1. The van der Waals surface area contributed by atoms with Crippen molar-refractivity contribution in [2.45, 2.75) is 64.6 Å². The highest BCUT2D eigenvalue weighted by Crippen LogP contribution is 2.37. The molecule has 0 aliphatic rings. The molecule has 1 aromatic carbocycles. The standard InChI is InChI=1S/C21H25F6NO3S2/c1-5-31-18(32)33-15(6-7-16(29)19(2,3)4)11-17(30)28-14-9-12(20(22,23)24)8-13(10-14)21(25,26)27/h8-10,15H,5-7,11H2,1-4H3,(H,28,30). The molecule has 1 amide bonds. The topological polar surface area (TPSA) is 55.4 Å². The molecule has 0 aliphatic carbocycles. The fraction of sp³-hybridized carbons (Fsp3) is 0.571. The van der Waals surface area contributed by atoms with Crippen LogP contribution >= 0.6 is 24.0 Å². The van der Waals surface area contributed by atoms with Crippen LogP contribution in [0.25, 0.3) is 0 Å². The average Bonchev–Trinajstić information content (AvgIpc) is 2.63. The van der Waals surface area contributed by atoms with E-state index in [4.69, 9.17) is 17.0 Å². The quantitative estimate of drug-likeness (QED) is 0.301. The van der Waals surface area contributed by atoms with Crippen LogP contribution in [-0.2, 0) is 26.7 Å². The molecule has 33 heavy (non-hydrogen) atoms. The zero-order chi connectivity index (χ0) is 25.6. The number of carbonyl (C=O) groups is 2. The van der Waals surface area contributed by atoms with E-state index in [2.05, 4.69) is 5.32 Å². The van der Waals surface area contributed by atoms with Crippen molar-refractivity contribution < 1.29 is 40.7 Å². The predicted octanol–water partition coefficient (Wildman–Crippen LogP) is 6.87. The molecule has 0 saturated carbocycles. The Labute approximate surface area is 197 Å². The molecule has 1 atom stereocenters. The van der Waals surface area contributed by atoms with Crippen LogP contribution in [0.5, 0.6) is 0 Å². The first-order chi connectivity index (χ1) is 14.9. The monoisotopic (exact) mass is 517 g/mol. The van der Waals surface area contributed by atoms with Gasteiger partial charge in [0.2, 0.25) is 10.3 Å². The Morgan fingerprint density at radius 1 is 1.03 bits per heavy atom. The number of hydrogen-bond acceptors (Lipinski definition) is 5. The van der Waals surface area contributed by atoms with Crippen LogP contribution < -0.4 is 5.32 Å². The van der Waals surface area contributed by atoms with E-state index < -0.39 is 45.7 Å². The van der Waals surface area contributed by atoms with E-state index in [0.29, 0.717) is 12.1 Å². The number of Topliss-reactive ketones (excluding diaryl/α,β-unsaturated/α-hetero) is 1. The fourth-order valence-electron chi connectivity index (χ4n) is 2.60. The summed E-state index contributed by atoms with van der Waals surface area (Å²) in [6.07, 6.45) is -10.0. The first-order valence-corrected chi connectivity index (χ1v) is 11.2. The molecule has 1 N–H and O–H groups in total. The SMILES string of the molecule is CCOC(=S)SC(CCC(=O)C(C)(C)C)CC(=O)Nc1cc(C(F)(F)F)cc(C(F)(F)F)c1. The lowest BCUT2D eigenvalue weighted by atomic mass is 9.88. The van der Waals surface area contributed by atoms with Crippen LogP contribution in [0.4, 0.5) is 32.0 Å². The summed E-state index contributed by atoms with van der Waals surface area (Å²) >= 11 is 6.07. The average molecular weight is 518 g/mol. The van der Waals surface area contributed by atoms with Gasteiger partial charge in [-0.2, -0.15) is 26.3 Å². The highest BCUT2D eigenvalue weighted by atomic mass is 32.2. The maximum atomic E-state index is 13.0. The molecule has 0 aromatic heterocycles. The summed E-state index contributed by atoms with van der Waals surface area (Å²) in [5.74, 6) is -0.883. The summed E-state index contributed by atoms with van der Waals surface area (Å²) < 4.78 is 83.5. The van der Waals surface area contributed by atoms with E-state index in [0.717, 1.165) is 11.8 Å². The van der Waals surface area contributed by atoms with Crippen LogP contribution in [0.3, 0.4) is 0 Å². The molecule has 0 spiro atoms. The van der Waals surface area contributed by atoms with Crippen LogP contribution in [-0.4, -0.2) is 27.9 Å². The van der Waals surface area contributed by atoms with E-state index >= 15 is 0 Å². The molecule has 12 heteroatoms. The van der Waals surface area contributed by atoms with Gasteiger partial charge in [-0.3, -0.25) is 9.59 Å². The molecule has 4 nitrogen and oxygen atoms in total. The van der Waals surface area contributed by atoms with Crippen molar-refractivity contribution in [3.8, 4) is 0 Å². The lowest BCUT2D eigenvalue weighted by Crippen LogP contribution is -2.24. The van der Waals surface area contributed by atoms with Gasteiger partial charge in [-0.15, -0.1) is 0 Å². The van der Waals surface area contributed by atoms with Gasteiger partial charge in [0, 0.05) is 29.2 Å². The third kappa shape index (κ3) is 10.3. The minimum atomic E-state index is -5.03. The smallest absolute Gasteiger partial charge is 0.416 e. The number of thioether (sulfide) groups is 1. The maximum absolute atomic E-state index is 13.0. The van der Waals surface area contributed by atoms with Gasteiger partial charge in [0.15, 0.2) is 0 Å². The maximum Gasteiger partial charge on any atom is 0.416 e. The van der Waals surface area contributed by atoms with E-state index in [9.17, 15) is 35.9 Å². The molecule has 0 heterocycles. The van der Waals surface area contributed by atoms with Gasteiger partial charge in [-0.1, -0.05) is 32.5 Å². The number of hydrogen-bond donors (Lipinski definition) is 1. The van der Waals surface area contributed by atoms with Gasteiger partial charge in [-0.05, 0) is 43.8 Å². The lowest BCUT2D eigenvalue weighted by molar-refractivity contribution is -0.143. The number of nitrogens with one attached hydrogen (secondary N) is 1. The number of ketones is 1. The molecular formula is C21H25F6NO3S2. The molecule has 0 aliphatic heterocycles. The first kappa shape index (κ1) is 29.2. The second-order valence-electron chi connectivity index (χ2n) is 8.18. The molecular weight excluding hydrogens is 492 g/mol. The van der Waals surface area contributed by atoms with Crippen molar-refractivity contribution in [1.29, 1.82) is 0 Å². The summed E-state index contributed by atoms with van der Waals surface area (Å²) in [6.45, 7) is 7.18. The number of anilines is 1. The summed E-state index contributed by atoms with van der Waals surface area (Å²) in [4.78, 5) is 24.7. The minimum absolute atomic E-state index is 0.0209. The van der Waals surface area contributed by atoms with Gasteiger partial charge in [0.1, 0.15) is 5.78 Å². The summed E-state index contributed by atoms with van der Waals surface area (Å²) in [5, 5.41) is 1.53. The molecule has 0 bridgehead atoms. The summed E-state index contributed by atoms with van der Waals surface area (Å²) in [5.41, 5.74) is -4.31. The first-order valence-electron chi connectivity index (χ1n) is 9.89. The Hall–Kier alpha value is -1.82. The van der Waals surface area contributed by atoms with Crippen molar-refractivity contribution in [2.75, 3.05) is 11.9 Å². The van der Waals surface area contributed by atoms with Gasteiger partial charge in [-0.25, -0.2) is 0 Å². The van der Waals surface area contributed by atoms with Crippen molar-refractivity contribution >= 4 is 45.7 Å². The Morgan fingerprint density at radius 3 is 1.97 bits per heavy atom. The molecule has 0 radical (unpaired) electrons. The Bertz CT molecular complexity index is 831. The summed E-state index contributed by atoms with van der Waals surface area (Å²) in [7, 11) is 0. The van der Waals surface area contributed by atoms with Crippen molar-refractivity contribution in [2.24, 2.45) is 5.41 Å². The molecule has 0 saturated heterocycles. The van der Waals surface area contributed by atoms with Crippen molar-refractivity contribution in [1.82, 2.24) is 0 Å². The highest BCUT2D eigenvalue weighted by Gasteiger charge is 2.37. The van der Waals surface area contributed by atoms with Gasteiger partial charge >= 0.3 is 12.4 Å². The second-order valence-corrected chi connectivity index (χ2v) is 10.1. The van der Waals surface area contributed by atoms with Crippen molar-refractivity contribution in [3.63, 3.8) is 0 Å². The highest BCUT2D eigenvalue weighted by molar-refractivity contribution is 8.23. The molecule has 186 valence electrons. The minimum Gasteiger partial charge on any atom is -0.479 e.